The van der Waals surface area contributed by atoms with E-state index in [1.54, 1.807) is 0 Å². The second kappa shape index (κ2) is 6.18. The quantitative estimate of drug-likeness (QED) is 0.640. The maximum absolute atomic E-state index is 4.00. The third-order valence-electron chi connectivity index (χ3n) is 3.48. The zero-order chi connectivity index (χ0) is 14.5. The van der Waals surface area contributed by atoms with Crippen LogP contribution in [0.4, 0.5) is 5.69 Å². The van der Waals surface area contributed by atoms with Gasteiger partial charge in [0.05, 0.1) is 5.82 Å². The molecule has 0 unspecified atom stereocenters. The number of aromatic amines is 1. The van der Waals surface area contributed by atoms with Gasteiger partial charge in [-0.1, -0.05) is 43.0 Å². The molecule has 0 amide bonds. The Hall–Kier alpha value is -2.68. The minimum atomic E-state index is 0.820. The topological polar surface area (TPSA) is 39.9 Å². The van der Waals surface area contributed by atoms with Crippen molar-refractivity contribution in [2.45, 2.75) is 6.42 Å². The second-order valence-corrected chi connectivity index (χ2v) is 5.01. The Labute approximate surface area is 124 Å². The molecule has 0 saturated heterocycles. The first-order valence-electron chi connectivity index (χ1n) is 7.13. The number of fused-ring (bicyclic) bond motifs is 1. The van der Waals surface area contributed by atoms with E-state index in [1.165, 1.54) is 16.5 Å². The predicted molar refractivity (Wildman–Crippen MR) is 89.2 cm³/mol. The Morgan fingerprint density at radius 2 is 1.76 bits per heavy atom. The zero-order valence-electron chi connectivity index (χ0n) is 11.9. The summed E-state index contributed by atoms with van der Waals surface area (Å²) < 4.78 is 0. The van der Waals surface area contributed by atoms with E-state index < -0.39 is 0 Å². The molecule has 0 radical (unpaired) electrons. The number of rotatable bonds is 6. The summed E-state index contributed by atoms with van der Waals surface area (Å²) >= 11 is 0. The minimum absolute atomic E-state index is 0.820. The molecule has 3 rings (SSSR count). The van der Waals surface area contributed by atoms with Gasteiger partial charge in [0.25, 0.3) is 0 Å². The monoisotopic (exact) mass is 277 g/mol. The van der Waals surface area contributed by atoms with E-state index >= 15 is 0 Å². The molecule has 0 aliphatic rings. The smallest absolute Gasteiger partial charge is 0.0957 e. The summed E-state index contributed by atoms with van der Waals surface area (Å²) in [6, 6.07) is 18.4. The standard InChI is InChI=1S/C18H19N3/c1-14(21-16-7-3-2-4-8-16)19-12-11-15-13-20-18-10-6-5-9-17(15)18/h2-10,13,19-21H,1,11-12H2. The molecule has 3 nitrogen and oxygen atoms in total. The molecule has 0 spiro atoms. The molecule has 0 atom stereocenters. The van der Waals surface area contributed by atoms with Crippen LogP contribution in [0.5, 0.6) is 0 Å². The lowest BCUT2D eigenvalue weighted by molar-refractivity contribution is 0.798. The highest BCUT2D eigenvalue weighted by Crippen LogP contribution is 2.17. The van der Waals surface area contributed by atoms with Gasteiger partial charge in [0.2, 0.25) is 0 Å². The third kappa shape index (κ3) is 3.26. The van der Waals surface area contributed by atoms with Gasteiger partial charge in [-0.05, 0) is 30.2 Å². The van der Waals surface area contributed by atoms with E-state index in [4.69, 9.17) is 0 Å². The Morgan fingerprint density at radius 1 is 1.00 bits per heavy atom. The fourth-order valence-corrected chi connectivity index (χ4v) is 2.43. The highest BCUT2D eigenvalue weighted by atomic mass is 15.1. The molecule has 3 heteroatoms. The van der Waals surface area contributed by atoms with E-state index in [1.807, 2.05) is 36.4 Å². The molecule has 21 heavy (non-hydrogen) atoms. The summed E-state index contributed by atoms with van der Waals surface area (Å²) in [4.78, 5) is 3.30. The van der Waals surface area contributed by atoms with Crippen molar-refractivity contribution in [2.75, 3.05) is 11.9 Å². The number of anilines is 1. The Bertz CT molecular complexity index is 728. The van der Waals surface area contributed by atoms with Crippen molar-refractivity contribution < 1.29 is 0 Å². The maximum atomic E-state index is 4.00. The first-order valence-corrected chi connectivity index (χ1v) is 7.13. The molecule has 1 aromatic heterocycles. The van der Waals surface area contributed by atoms with E-state index in [-0.39, 0.29) is 0 Å². The van der Waals surface area contributed by atoms with Crippen molar-refractivity contribution in [1.29, 1.82) is 0 Å². The average molecular weight is 277 g/mol. The maximum Gasteiger partial charge on any atom is 0.0957 e. The van der Waals surface area contributed by atoms with Crippen molar-refractivity contribution >= 4 is 16.6 Å². The van der Waals surface area contributed by atoms with Gasteiger partial charge in [-0.2, -0.15) is 0 Å². The molecular weight excluding hydrogens is 258 g/mol. The summed E-state index contributed by atoms with van der Waals surface area (Å²) in [7, 11) is 0. The summed E-state index contributed by atoms with van der Waals surface area (Å²) in [6.45, 7) is 4.85. The summed E-state index contributed by atoms with van der Waals surface area (Å²) in [6.07, 6.45) is 3.04. The molecule has 0 fully saturated rings. The second-order valence-electron chi connectivity index (χ2n) is 5.01. The Morgan fingerprint density at radius 3 is 2.62 bits per heavy atom. The minimum Gasteiger partial charge on any atom is -0.372 e. The van der Waals surface area contributed by atoms with Crippen molar-refractivity contribution in [3.05, 3.63) is 78.8 Å². The van der Waals surface area contributed by atoms with Gasteiger partial charge in [0, 0.05) is 29.3 Å². The summed E-state index contributed by atoms with van der Waals surface area (Å²) in [5.41, 5.74) is 3.56. The van der Waals surface area contributed by atoms with E-state index in [2.05, 4.69) is 46.6 Å². The van der Waals surface area contributed by atoms with Gasteiger partial charge >= 0.3 is 0 Å². The highest BCUT2D eigenvalue weighted by Gasteiger charge is 2.02. The van der Waals surface area contributed by atoms with Crippen molar-refractivity contribution in [2.24, 2.45) is 0 Å². The summed E-state index contributed by atoms with van der Waals surface area (Å²) in [5.74, 6) is 0.820. The highest BCUT2D eigenvalue weighted by molar-refractivity contribution is 5.83. The van der Waals surface area contributed by atoms with Crippen LogP contribution in [-0.2, 0) is 6.42 Å². The van der Waals surface area contributed by atoms with Gasteiger partial charge < -0.3 is 15.6 Å². The normalized spacial score (nSPS) is 10.5. The number of H-pyrrole nitrogens is 1. The molecule has 0 aliphatic carbocycles. The number of benzene rings is 2. The molecule has 3 N–H and O–H groups in total. The van der Waals surface area contributed by atoms with Crippen molar-refractivity contribution in [3.8, 4) is 0 Å². The van der Waals surface area contributed by atoms with E-state index in [0.717, 1.165) is 24.5 Å². The molecule has 1 heterocycles. The molecule has 2 aromatic carbocycles. The lowest BCUT2D eigenvalue weighted by atomic mass is 10.1. The van der Waals surface area contributed by atoms with Crippen LogP contribution < -0.4 is 10.6 Å². The first-order chi connectivity index (χ1) is 10.3. The molecule has 0 bridgehead atoms. The molecule has 0 saturated carbocycles. The van der Waals surface area contributed by atoms with Crippen LogP contribution in [0.3, 0.4) is 0 Å². The lowest BCUT2D eigenvalue weighted by Gasteiger charge is -2.11. The van der Waals surface area contributed by atoms with Crippen LogP contribution in [0.15, 0.2) is 73.2 Å². The summed E-state index contributed by atoms with van der Waals surface area (Å²) in [5, 5.41) is 7.85. The first kappa shape index (κ1) is 13.3. The largest absolute Gasteiger partial charge is 0.372 e. The number of aromatic nitrogens is 1. The fraction of sp³-hybridized carbons (Fsp3) is 0.111. The van der Waals surface area contributed by atoms with Gasteiger partial charge in [-0.25, -0.2) is 0 Å². The number of hydrogen-bond donors (Lipinski definition) is 3. The lowest BCUT2D eigenvalue weighted by Crippen LogP contribution is -2.21. The van der Waals surface area contributed by atoms with Crippen LogP contribution in [0, 0.1) is 0 Å². The Balaban J connectivity index is 1.53. The number of nitrogens with one attached hydrogen (secondary N) is 3. The molecule has 3 aromatic rings. The molecule has 106 valence electrons. The molecular formula is C18H19N3. The number of hydrogen-bond acceptors (Lipinski definition) is 2. The molecule has 0 aliphatic heterocycles. The van der Waals surface area contributed by atoms with Crippen LogP contribution in [-0.4, -0.2) is 11.5 Å². The van der Waals surface area contributed by atoms with Gasteiger partial charge in [0.1, 0.15) is 0 Å². The van der Waals surface area contributed by atoms with Crippen LogP contribution in [0.2, 0.25) is 0 Å². The van der Waals surface area contributed by atoms with Crippen molar-refractivity contribution in [1.82, 2.24) is 10.3 Å². The van der Waals surface area contributed by atoms with Gasteiger partial charge in [-0.3, -0.25) is 0 Å². The zero-order valence-corrected chi connectivity index (χ0v) is 11.9. The Kier molecular flexibility index (Phi) is 3.92. The van der Waals surface area contributed by atoms with E-state index in [0.29, 0.717) is 0 Å². The van der Waals surface area contributed by atoms with Gasteiger partial charge in [-0.15, -0.1) is 0 Å². The van der Waals surface area contributed by atoms with Gasteiger partial charge in [0.15, 0.2) is 0 Å². The average Bonchev–Trinajstić information content (AvgIpc) is 2.92. The fourth-order valence-electron chi connectivity index (χ4n) is 2.43. The van der Waals surface area contributed by atoms with E-state index in [9.17, 15) is 0 Å². The third-order valence-corrected chi connectivity index (χ3v) is 3.48. The van der Waals surface area contributed by atoms with Crippen LogP contribution >= 0.6 is 0 Å². The van der Waals surface area contributed by atoms with Crippen molar-refractivity contribution in [3.63, 3.8) is 0 Å². The number of para-hydroxylation sites is 2. The predicted octanol–water partition coefficient (Wildman–Crippen LogP) is 3.88. The van der Waals surface area contributed by atoms with Crippen LogP contribution in [0.25, 0.3) is 10.9 Å². The van der Waals surface area contributed by atoms with Crippen LogP contribution in [0.1, 0.15) is 5.56 Å². The SMILES string of the molecule is C=C(NCCc1c[nH]c2ccccc12)Nc1ccccc1.